The van der Waals surface area contributed by atoms with Gasteiger partial charge in [0.2, 0.25) is 5.76 Å². The van der Waals surface area contributed by atoms with Crippen molar-refractivity contribution in [3.63, 3.8) is 0 Å². The molecule has 8 heteroatoms. The number of hydrogen-bond donors (Lipinski definition) is 1. The Balaban J connectivity index is 2.68. The highest BCUT2D eigenvalue weighted by molar-refractivity contribution is 5.86. The summed E-state index contributed by atoms with van der Waals surface area (Å²) >= 11 is 0. The minimum atomic E-state index is -4.29. The number of ether oxygens (including phenoxy) is 1. The molecule has 0 aliphatic carbocycles. The van der Waals surface area contributed by atoms with E-state index in [-0.39, 0.29) is 24.6 Å². The van der Waals surface area contributed by atoms with Crippen molar-refractivity contribution < 1.29 is 27.1 Å². The maximum absolute atomic E-state index is 12.5. The van der Waals surface area contributed by atoms with E-state index < -0.39 is 18.7 Å². The number of furan rings is 1. The molecule has 0 atom stereocenters. The predicted octanol–water partition coefficient (Wildman–Crippen LogP) is 1.65. The van der Waals surface area contributed by atoms with Crippen LogP contribution < -0.4 is 5.32 Å². The molecule has 0 spiro atoms. The maximum atomic E-state index is 12.5. The van der Waals surface area contributed by atoms with Crippen LogP contribution in [0, 0.1) is 0 Å². The van der Waals surface area contributed by atoms with Crippen LogP contribution in [0.5, 0.6) is 0 Å². The van der Waals surface area contributed by atoms with E-state index in [1.165, 1.54) is 24.1 Å². The highest BCUT2D eigenvalue weighted by atomic mass is 19.4. The van der Waals surface area contributed by atoms with Gasteiger partial charge in [0.1, 0.15) is 5.76 Å². The van der Waals surface area contributed by atoms with Gasteiger partial charge < -0.3 is 14.5 Å². The van der Waals surface area contributed by atoms with Crippen molar-refractivity contribution in [2.45, 2.75) is 12.7 Å². The third-order valence-corrected chi connectivity index (χ3v) is 2.51. The van der Waals surface area contributed by atoms with E-state index in [2.05, 4.69) is 10.1 Å². The van der Waals surface area contributed by atoms with E-state index >= 15 is 0 Å². The highest BCUT2D eigenvalue weighted by Crippen LogP contribution is 2.19. The Labute approximate surface area is 114 Å². The summed E-state index contributed by atoms with van der Waals surface area (Å²) in [6, 6.07) is 2.85. The summed E-state index contributed by atoms with van der Waals surface area (Å²) in [5.74, 6) is -0.400. The number of likely N-dealkylation sites (N-methyl/N-ethyl adjacent to an activating group) is 1. The molecule has 0 radical (unpaired) electrons. The van der Waals surface area contributed by atoms with Crippen molar-refractivity contribution in [3.05, 3.63) is 23.7 Å². The smallest absolute Gasteiger partial charge is 0.401 e. The minimum absolute atomic E-state index is 0.0249. The molecule has 1 aromatic heterocycles. The molecule has 0 aromatic carbocycles. The maximum Gasteiger partial charge on any atom is 0.401 e. The van der Waals surface area contributed by atoms with E-state index in [9.17, 15) is 18.0 Å². The summed E-state index contributed by atoms with van der Waals surface area (Å²) in [7, 11) is 2.86. The predicted molar refractivity (Wildman–Crippen MR) is 65.3 cm³/mol. The topological polar surface area (TPSA) is 54.7 Å². The second-order valence-corrected chi connectivity index (χ2v) is 4.19. The third kappa shape index (κ3) is 5.62. The van der Waals surface area contributed by atoms with Gasteiger partial charge in [0, 0.05) is 13.1 Å². The number of alkyl halides is 3. The van der Waals surface area contributed by atoms with Crippen molar-refractivity contribution >= 4 is 5.97 Å². The van der Waals surface area contributed by atoms with E-state index in [0.29, 0.717) is 6.54 Å². The monoisotopic (exact) mass is 294 g/mol. The average Bonchev–Trinajstić information content (AvgIpc) is 2.81. The zero-order chi connectivity index (χ0) is 15.2. The molecule has 1 aromatic rings. The zero-order valence-electron chi connectivity index (χ0n) is 11.3. The number of halogens is 3. The Morgan fingerprint density at radius 1 is 1.45 bits per heavy atom. The van der Waals surface area contributed by atoms with Gasteiger partial charge in [-0.25, -0.2) is 4.79 Å². The second kappa shape index (κ2) is 7.30. The number of carbonyl (C=O) groups excluding carboxylic acids is 1. The number of esters is 1. The van der Waals surface area contributed by atoms with Crippen LogP contribution in [0.25, 0.3) is 0 Å². The Hall–Kier alpha value is -1.54. The van der Waals surface area contributed by atoms with Crippen LogP contribution in [-0.2, 0) is 11.3 Å². The molecule has 114 valence electrons. The molecule has 0 aliphatic heterocycles. The quantitative estimate of drug-likeness (QED) is 0.775. The minimum Gasteiger partial charge on any atom is -0.463 e. The lowest BCUT2D eigenvalue weighted by atomic mass is 10.3. The van der Waals surface area contributed by atoms with Gasteiger partial charge in [0.25, 0.3) is 0 Å². The Morgan fingerprint density at radius 2 is 2.15 bits per heavy atom. The number of rotatable bonds is 7. The van der Waals surface area contributed by atoms with Gasteiger partial charge in [0.15, 0.2) is 0 Å². The van der Waals surface area contributed by atoms with E-state index in [0.717, 1.165) is 0 Å². The third-order valence-electron chi connectivity index (χ3n) is 2.51. The van der Waals surface area contributed by atoms with Crippen LogP contribution in [0.2, 0.25) is 0 Å². The summed E-state index contributed by atoms with van der Waals surface area (Å²) in [5, 5.41) is 2.79. The first-order valence-corrected chi connectivity index (χ1v) is 5.96. The lowest BCUT2D eigenvalue weighted by molar-refractivity contribution is -0.147. The van der Waals surface area contributed by atoms with Gasteiger partial charge in [-0.05, 0) is 19.2 Å². The van der Waals surface area contributed by atoms with Crippen LogP contribution in [0.4, 0.5) is 13.2 Å². The Bertz CT molecular complexity index is 432. The van der Waals surface area contributed by atoms with E-state index in [4.69, 9.17) is 4.42 Å². The summed E-state index contributed by atoms with van der Waals surface area (Å²) in [4.78, 5) is 12.4. The van der Waals surface area contributed by atoms with Crippen LogP contribution in [-0.4, -0.2) is 50.8 Å². The van der Waals surface area contributed by atoms with Gasteiger partial charge in [0.05, 0.1) is 20.2 Å². The van der Waals surface area contributed by atoms with Gasteiger partial charge in [-0.2, -0.15) is 13.2 Å². The van der Waals surface area contributed by atoms with Crippen molar-refractivity contribution in [1.82, 2.24) is 10.2 Å². The van der Waals surface area contributed by atoms with E-state index in [1.54, 1.807) is 7.05 Å². The van der Waals surface area contributed by atoms with Crippen LogP contribution in [0.15, 0.2) is 16.5 Å². The van der Waals surface area contributed by atoms with Crippen molar-refractivity contribution in [1.29, 1.82) is 0 Å². The van der Waals surface area contributed by atoms with Crippen LogP contribution in [0.3, 0.4) is 0 Å². The SMILES string of the molecule is CNCCN(Cc1ccc(C(=O)OC)o1)CC(F)(F)F. The number of nitrogens with one attached hydrogen (secondary N) is 1. The molecule has 1 N–H and O–H groups in total. The van der Waals surface area contributed by atoms with Gasteiger partial charge >= 0.3 is 12.1 Å². The molecule has 5 nitrogen and oxygen atoms in total. The standard InChI is InChI=1S/C12H17F3N2O3/c1-16-5-6-17(8-12(13,14)15)7-9-3-4-10(20-9)11(18)19-2/h3-4,16H,5-8H2,1-2H3. The number of methoxy groups -OCH3 is 1. The Morgan fingerprint density at radius 3 is 2.70 bits per heavy atom. The summed E-state index contributed by atoms with van der Waals surface area (Å²) < 4.78 is 47.0. The van der Waals surface area contributed by atoms with Crippen molar-refractivity contribution in [2.75, 3.05) is 33.8 Å². The molecule has 0 fully saturated rings. The first-order valence-electron chi connectivity index (χ1n) is 5.96. The fraction of sp³-hybridized carbons (Fsp3) is 0.583. The molecular formula is C12H17F3N2O3. The summed E-state index contributed by atoms with van der Waals surface area (Å²) in [5.41, 5.74) is 0. The fourth-order valence-corrected chi connectivity index (χ4v) is 1.63. The first-order chi connectivity index (χ1) is 9.35. The molecule has 0 unspecified atom stereocenters. The number of carbonyl (C=O) groups is 1. The lowest BCUT2D eigenvalue weighted by Crippen LogP contribution is -2.37. The molecule has 20 heavy (non-hydrogen) atoms. The fourth-order valence-electron chi connectivity index (χ4n) is 1.63. The van der Waals surface area contributed by atoms with Gasteiger partial charge in [-0.15, -0.1) is 0 Å². The van der Waals surface area contributed by atoms with Gasteiger partial charge in [-0.1, -0.05) is 0 Å². The average molecular weight is 294 g/mol. The molecule has 1 heterocycles. The largest absolute Gasteiger partial charge is 0.463 e. The van der Waals surface area contributed by atoms with Crippen molar-refractivity contribution in [2.24, 2.45) is 0 Å². The van der Waals surface area contributed by atoms with E-state index in [1.807, 2.05) is 0 Å². The zero-order valence-corrected chi connectivity index (χ0v) is 11.3. The molecule has 0 aliphatic rings. The number of hydrogen-bond acceptors (Lipinski definition) is 5. The molecular weight excluding hydrogens is 277 g/mol. The normalized spacial score (nSPS) is 11.9. The number of nitrogens with zero attached hydrogens (tertiary/aromatic N) is 1. The molecule has 1 rings (SSSR count). The highest BCUT2D eigenvalue weighted by Gasteiger charge is 2.31. The van der Waals surface area contributed by atoms with Crippen LogP contribution >= 0.6 is 0 Å². The summed E-state index contributed by atoms with van der Waals surface area (Å²) in [6.07, 6.45) is -4.29. The summed E-state index contributed by atoms with van der Waals surface area (Å²) in [6.45, 7) is -0.438. The van der Waals surface area contributed by atoms with Crippen molar-refractivity contribution in [3.8, 4) is 0 Å². The van der Waals surface area contributed by atoms with Crippen LogP contribution in [0.1, 0.15) is 16.3 Å². The Kier molecular flexibility index (Phi) is 6.03. The lowest BCUT2D eigenvalue weighted by Gasteiger charge is -2.22. The molecule has 0 saturated heterocycles. The molecule has 0 saturated carbocycles. The molecule has 0 bridgehead atoms. The second-order valence-electron chi connectivity index (χ2n) is 4.19. The first kappa shape index (κ1) is 16.5. The van der Waals surface area contributed by atoms with Gasteiger partial charge in [-0.3, -0.25) is 4.90 Å². The molecule has 0 amide bonds.